The molecule has 0 aliphatic carbocycles. The Bertz CT molecular complexity index is 475. The van der Waals surface area contributed by atoms with E-state index in [9.17, 15) is 9.18 Å². The number of hydrogen-bond donors (Lipinski definition) is 3. The third-order valence-electron chi connectivity index (χ3n) is 2.34. The van der Waals surface area contributed by atoms with Crippen LogP contribution in [0.5, 0.6) is 0 Å². The van der Waals surface area contributed by atoms with Gasteiger partial charge in [-0.25, -0.2) is 9.18 Å². The van der Waals surface area contributed by atoms with E-state index < -0.39 is 11.9 Å². The van der Waals surface area contributed by atoms with Crippen molar-refractivity contribution in [1.29, 1.82) is 5.41 Å². The SMILES string of the molecule is CC(C)COC(=O)NCc1ccc(C(=N)N)cc1F. The number of alkyl carbamates (subject to hydrolysis) is 1. The minimum absolute atomic E-state index is 0.0287. The first-order chi connectivity index (χ1) is 8.90. The Kier molecular flexibility index (Phi) is 5.29. The predicted molar refractivity (Wildman–Crippen MR) is 70.4 cm³/mol. The van der Waals surface area contributed by atoms with Gasteiger partial charge in [-0.05, 0) is 12.0 Å². The molecule has 5 nitrogen and oxygen atoms in total. The molecule has 0 atom stereocenters. The Morgan fingerprint density at radius 1 is 1.53 bits per heavy atom. The van der Waals surface area contributed by atoms with Crippen molar-refractivity contribution in [3.63, 3.8) is 0 Å². The van der Waals surface area contributed by atoms with Gasteiger partial charge in [-0.1, -0.05) is 26.0 Å². The molecule has 0 unspecified atom stereocenters. The highest BCUT2D eigenvalue weighted by Crippen LogP contribution is 2.10. The summed E-state index contributed by atoms with van der Waals surface area (Å²) in [7, 11) is 0. The van der Waals surface area contributed by atoms with Crippen molar-refractivity contribution in [2.45, 2.75) is 20.4 Å². The van der Waals surface area contributed by atoms with Crippen LogP contribution >= 0.6 is 0 Å². The molecular weight excluding hydrogens is 249 g/mol. The molecule has 6 heteroatoms. The number of halogens is 1. The first kappa shape index (κ1) is 14.9. The maximum atomic E-state index is 13.6. The van der Waals surface area contributed by atoms with Crippen LogP contribution in [0.1, 0.15) is 25.0 Å². The van der Waals surface area contributed by atoms with Crippen LogP contribution in [0.15, 0.2) is 18.2 Å². The van der Waals surface area contributed by atoms with E-state index in [1.54, 1.807) is 0 Å². The van der Waals surface area contributed by atoms with Crippen molar-refractivity contribution < 1.29 is 13.9 Å². The third-order valence-corrected chi connectivity index (χ3v) is 2.34. The zero-order valence-corrected chi connectivity index (χ0v) is 11.0. The van der Waals surface area contributed by atoms with E-state index in [0.717, 1.165) is 0 Å². The van der Waals surface area contributed by atoms with E-state index in [-0.39, 0.29) is 18.3 Å². The maximum Gasteiger partial charge on any atom is 0.407 e. The smallest absolute Gasteiger partial charge is 0.407 e. The summed E-state index contributed by atoms with van der Waals surface area (Å²) in [6.07, 6.45) is -0.580. The molecule has 4 N–H and O–H groups in total. The lowest BCUT2D eigenvalue weighted by Gasteiger charge is -2.09. The predicted octanol–water partition coefficient (Wildman–Crippen LogP) is 1.99. The number of benzene rings is 1. The Morgan fingerprint density at radius 2 is 2.21 bits per heavy atom. The van der Waals surface area contributed by atoms with Crippen LogP contribution in [0.4, 0.5) is 9.18 Å². The van der Waals surface area contributed by atoms with Crippen LogP contribution in [0.25, 0.3) is 0 Å². The monoisotopic (exact) mass is 267 g/mol. The summed E-state index contributed by atoms with van der Waals surface area (Å²) < 4.78 is 18.5. The number of ether oxygens (including phenoxy) is 1. The highest BCUT2D eigenvalue weighted by Gasteiger charge is 2.08. The second kappa shape index (κ2) is 6.72. The number of nitrogens with one attached hydrogen (secondary N) is 2. The summed E-state index contributed by atoms with van der Waals surface area (Å²) in [6.45, 7) is 4.19. The number of carbonyl (C=O) groups excluding carboxylic acids is 1. The molecule has 1 amide bonds. The molecule has 0 aliphatic rings. The Labute approximate surface area is 111 Å². The van der Waals surface area contributed by atoms with Gasteiger partial charge in [0.2, 0.25) is 0 Å². The molecule has 104 valence electrons. The molecule has 0 heterocycles. The van der Waals surface area contributed by atoms with Crippen molar-refractivity contribution in [3.8, 4) is 0 Å². The molecule has 0 aliphatic heterocycles. The van der Waals surface area contributed by atoms with Gasteiger partial charge in [0.25, 0.3) is 0 Å². The summed E-state index contributed by atoms with van der Waals surface area (Å²) in [6, 6.07) is 4.18. The van der Waals surface area contributed by atoms with Crippen LogP contribution in [0.2, 0.25) is 0 Å². The van der Waals surface area contributed by atoms with Crippen LogP contribution < -0.4 is 11.1 Å². The molecule has 0 spiro atoms. The zero-order valence-electron chi connectivity index (χ0n) is 11.0. The minimum atomic E-state index is -0.580. The lowest BCUT2D eigenvalue weighted by Crippen LogP contribution is -2.25. The number of rotatable bonds is 5. The van der Waals surface area contributed by atoms with E-state index in [2.05, 4.69) is 5.32 Å². The molecule has 1 aromatic carbocycles. The van der Waals surface area contributed by atoms with Crippen molar-refractivity contribution in [2.75, 3.05) is 6.61 Å². The highest BCUT2D eigenvalue weighted by molar-refractivity contribution is 5.94. The summed E-state index contributed by atoms with van der Waals surface area (Å²) in [5.74, 6) is -0.469. The fourth-order valence-corrected chi connectivity index (χ4v) is 1.32. The fraction of sp³-hybridized carbons (Fsp3) is 0.385. The molecule has 0 radical (unpaired) electrons. The summed E-state index contributed by atoms with van der Waals surface area (Å²) in [4.78, 5) is 11.3. The van der Waals surface area contributed by atoms with Crippen molar-refractivity contribution >= 4 is 11.9 Å². The van der Waals surface area contributed by atoms with Gasteiger partial charge in [-0.2, -0.15) is 0 Å². The number of carbonyl (C=O) groups is 1. The van der Waals surface area contributed by atoms with Crippen molar-refractivity contribution in [3.05, 3.63) is 35.1 Å². The van der Waals surface area contributed by atoms with Gasteiger partial charge >= 0.3 is 6.09 Å². The first-order valence-corrected chi connectivity index (χ1v) is 5.93. The highest BCUT2D eigenvalue weighted by atomic mass is 19.1. The minimum Gasteiger partial charge on any atom is -0.449 e. The van der Waals surface area contributed by atoms with Gasteiger partial charge in [-0.15, -0.1) is 0 Å². The van der Waals surface area contributed by atoms with Gasteiger partial charge in [0.1, 0.15) is 11.7 Å². The van der Waals surface area contributed by atoms with Gasteiger partial charge in [0, 0.05) is 17.7 Å². The Morgan fingerprint density at radius 3 is 2.74 bits per heavy atom. The number of nitrogen functional groups attached to an aromatic ring is 1. The maximum absolute atomic E-state index is 13.6. The second-order valence-corrected chi connectivity index (χ2v) is 4.57. The topological polar surface area (TPSA) is 88.2 Å². The van der Waals surface area contributed by atoms with E-state index >= 15 is 0 Å². The van der Waals surface area contributed by atoms with E-state index in [1.165, 1.54) is 18.2 Å². The number of hydrogen-bond acceptors (Lipinski definition) is 3. The molecule has 0 aromatic heterocycles. The molecule has 1 aromatic rings. The molecule has 0 bridgehead atoms. The quantitative estimate of drug-likeness (QED) is 0.563. The zero-order chi connectivity index (χ0) is 14.4. The van der Waals surface area contributed by atoms with E-state index in [4.69, 9.17) is 15.9 Å². The summed E-state index contributed by atoms with van der Waals surface area (Å²) in [5, 5.41) is 9.65. The lowest BCUT2D eigenvalue weighted by molar-refractivity contribution is 0.132. The largest absolute Gasteiger partial charge is 0.449 e. The number of nitrogens with two attached hydrogens (primary N) is 1. The molecule has 0 fully saturated rings. The van der Waals surface area contributed by atoms with Crippen molar-refractivity contribution in [2.24, 2.45) is 11.7 Å². The van der Waals surface area contributed by atoms with Crippen LogP contribution in [0.3, 0.4) is 0 Å². The Hall–Kier alpha value is -2.11. The summed E-state index contributed by atoms with van der Waals surface area (Å²) >= 11 is 0. The number of amides is 1. The molecular formula is C13H18FN3O2. The molecule has 19 heavy (non-hydrogen) atoms. The molecule has 0 saturated heterocycles. The molecule has 0 saturated carbocycles. The van der Waals surface area contributed by atoms with Crippen LogP contribution in [0, 0.1) is 17.1 Å². The fourth-order valence-electron chi connectivity index (χ4n) is 1.32. The first-order valence-electron chi connectivity index (χ1n) is 5.93. The standard InChI is InChI=1S/C13H18FN3O2/c1-8(2)7-19-13(18)17-6-10-4-3-9(12(15)16)5-11(10)14/h3-5,8H,6-7H2,1-2H3,(H3,15,16)(H,17,18). The normalized spacial score (nSPS) is 10.3. The second-order valence-electron chi connectivity index (χ2n) is 4.57. The van der Waals surface area contributed by atoms with Crippen LogP contribution in [-0.2, 0) is 11.3 Å². The Balaban J connectivity index is 2.54. The lowest BCUT2D eigenvalue weighted by atomic mass is 10.1. The van der Waals surface area contributed by atoms with Gasteiger partial charge in [0.15, 0.2) is 0 Å². The average Bonchev–Trinajstić information content (AvgIpc) is 2.34. The molecule has 1 rings (SSSR count). The van der Waals surface area contributed by atoms with Crippen LogP contribution in [-0.4, -0.2) is 18.5 Å². The van der Waals surface area contributed by atoms with Gasteiger partial charge in [-0.3, -0.25) is 5.41 Å². The van der Waals surface area contributed by atoms with E-state index in [1.807, 2.05) is 13.8 Å². The summed E-state index contributed by atoms with van der Waals surface area (Å²) in [5.41, 5.74) is 5.87. The third kappa shape index (κ3) is 4.95. The van der Waals surface area contributed by atoms with E-state index in [0.29, 0.717) is 17.7 Å². The van der Waals surface area contributed by atoms with Gasteiger partial charge in [0.05, 0.1) is 6.61 Å². The number of amidine groups is 1. The van der Waals surface area contributed by atoms with Crippen molar-refractivity contribution in [1.82, 2.24) is 5.32 Å². The van der Waals surface area contributed by atoms with Gasteiger partial charge < -0.3 is 15.8 Å². The average molecular weight is 267 g/mol.